The third kappa shape index (κ3) is 3.24. The molecule has 0 saturated carbocycles. The molecule has 1 amide bonds. The Labute approximate surface area is 103 Å². The Morgan fingerprint density at radius 3 is 2.56 bits per heavy atom. The van der Waals surface area contributed by atoms with E-state index in [1.54, 1.807) is 30.7 Å². The van der Waals surface area contributed by atoms with E-state index in [0.717, 1.165) is 0 Å². The number of thiol groups is 1. The van der Waals surface area contributed by atoms with Gasteiger partial charge in [0.1, 0.15) is 6.04 Å². The minimum absolute atomic E-state index is 0.393. The lowest BCUT2D eigenvalue weighted by Gasteiger charge is -2.26. The van der Waals surface area contributed by atoms with Crippen molar-refractivity contribution in [2.24, 2.45) is 0 Å². The average Bonchev–Trinajstić information content (AvgIpc) is 2.63. The molecule has 0 saturated heterocycles. The Balaban J connectivity index is 2.78. The fourth-order valence-corrected chi connectivity index (χ4v) is 1.96. The smallest absolute Gasteiger partial charge is 0.327 e. The van der Waals surface area contributed by atoms with Gasteiger partial charge in [0.25, 0.3) is 5.91 Å². The third-order valence-electron chi connectivity index (χ3n) is 2.01. The van der Waals surface area contributed by atoms with Crippen molar-refractivity contribution in [3.8, 4) is 0 Å². The molecule has 1 heterocycles. The second kappa shape index (κ2) is 4.88. The maximum atomic E-state index is 11.7. The summed E-state index contributed by atoms with van der Waals surface area (Å²) in [4.78, 5) is 22.7. The zero-order chi connectivity index (χ0) is 12.3. The molecule has 0 spiro atoms. The van der Waals surface area contributed by atoms with Gasteiger partial charge in [-0.2, -0.15) is 24.0 Å². The van der Waals surface area contributed by atoms with Gasteiger partial charge in [-0.25, -0.2) is 4.79 Å². The molecule has 0 bridgehead atoms. The first-order valence-electron chi connectivity index (χ1n) is 4.60. The lowest BCUT2D eigenvalue weighted by Crippen LogP contribution is -2.51. The van der Waals surface area contributed by atoms with E-state index in [1.165, 1.54) is 11.3 Å². The molecule has 16 heavy (non-hydrogen) atoms. The van der Waals surface area contributed by atoms with Crippen molar-refractivity contribution in [1.82, 2.24) is 5.32 Å². The van der Waals surface area contributed by atoms with Gasteiger partial charge in [-0.15, -0.1) is 0 Å². The molecule has 1 aromatic heterocycles. The second-order valence-electron chi connectivity index (χ2n) is 3.91. The Bertz CT molecular complexity index is 381. The topological polar surface area (TPSA) is 66.4 Å². The molecule has 0 radical (unpaired) electrons. The molecule has 0 aromatic carbocycles. The molecule has 4 nitrogen and oxygen atoms in total. The lowest BCUT2D eigenvalue weighted by atomic mass is 10.0. The molecule has 0 aliphatic carbocycles. The molecule has 1 rings (SSSR count). The molecule has 1 aromatic rings. The van der Waals surface area contributed by atoms with Crippen molar-refractivity contribution < 1.29 is 14.7 Å². The van der Waals surface area contributed by atoms with Crippen molar-refractivity contribution in [3.05, 3.63) is 22.4 Å². The molecule has 0 aliphatic rings. The first kappa shape index (κ1) is 13.1. The Hall–Kier alpha value is -1.01. The third-order valence-corrected chi connectivity index (χ3v) is 2.95. The normalized spacial score (nSPS) is 13.2. The number of carboxylic acids is 1. The van der Waals surface area contributed by atoms with E-state index in [2.05, 4.69) is 17.9 Å². The number of rotatable bonds is 4. The van der Waals surface area contributed by atoms with Crippen LogP contribution in [0.3, 0.4) is 0 Å². The lowest BCUT2D eigenvalue weighted by molar-refractivity contribution is -0.139. The number of hydrogen-bond donors (Lipinski definition) is 3. The molecule has 88 valence electrons. The van der Waals surface area contributed by atoms with Crippen LogP contribution in [0, 0.1) is 0 Å². The van der Waals surface area contributed by atoms with Crippen LogP contribution in [0.25, 0.3) is 0 Å². The predicted molar refractivity (Wildman–Crippen MR) is 66.3 cm³/mol. The SMILES string of the molecule is CC(C)(S)C(NC(=O)c1ccsc1)C(=O)O. The van der Waals surface area contributed by atoms with Crippen LogP contribution in [0.4, 0.5) is 0 Å². The summed E-state index contributed by atoms with van der Waals surface area (Å²) in [5, 5.41) is 14.9. The molecule has 0 aliphatic heterocycles. The van der Waals surface area contributed by atoms with E-state index in [-0.39, 0.29) is 0 Å². The van der Waals surface area contributed by atoms with E-state index >= 15 is 0 Å². The average molecular weight is 259 g/mol. The van der Waals surface area contributed by atoms with Gasteiger partial charge in [0.05, 0.1) is 5.56 Å². The predicted octanol–water partition coefficient (Wildman–Crippen LogP) is 1.64. The molecule has 1 unspecified atom stereocenters. The number of amides is 1. The van der Waals surface area contributed by atoms with Crippen LogP contribution in [0.5, 0.6) is 0 Å². The summed E-state index contributed by atoms with van der Waals surface area (Å²) < 4.78 is -0.822. The molecule has 2 N–H and O–H groups in total. The first-order valence-corrected chi connectivity index (χ1v) is 5.99. The van der Waals surface area contributed by atoms with Gasteiger partial charge < -0.3 is 10.4 Å². The van der Waals surface area contributed by atoms with E-state index in [9.17, 15) is 9.59 Å². The number of hydrogen-bond acceptors (Lipinski definition) is 4. The number of nitrogens with one attached hydrogen (secondary N) is 1. The standard InChI is InChI=1S/C10H13NO3S2/c1-10(2,15)7(9(13)14)11-8(12)6-3-4-16-5-6/h3-5,7,15H,1-2H3,(H,11,12)(H,13,14). The fourth-order valence-electron chi connectivity index (χ4n) is 1.15. The highest BCUT2D eigenvalue weighted by atomic mass is 32.1. The first-order chi connectivity index (χ1) is 7.32. The van der Waals surface area contributed by atoms with Crippen LogP contribution < -0.4 is 5.32 Å². The minimum Gasteiger partial charge on any atom is -0.480 e. The monoisotopic (exact) mass is 259 g/mol. The van der Waals surface area contributed by atoms with E-state index in [4.69, 9.17) is 5.11 Å². The number of carboxylic acid groups (broad SMARTS) is 1. The quantitative estimate of drug-likeness (QED) is 0.720. The summed E-state index contributed by atoms with van der Waals surface area (Å²) in [6.45, 7) is 3.28. The van der Waals surface area contributed by atoms with E-state index in [1.807, 2.05) is 0 Å². The minimum atomic E-state index is -1.09. The number of carbonyl (C=O) groups is 2. The maximum absolute atomic E-state index is 11.7. The van der Waals surface area contributed by atoms with Crippen LogP contribution in [0.15, 0.2) is 16.8 Å². The largest absolute Gasteiger partial charge is 0.480 e. The van der Waals surface area contributed by atoms with Crippen LogP contribution in [0.1, 0.15) is 24.2 Å². The highest BCUT2D eigenvalue weighted by molar-refractivity contribution is 7.81. The number of aliphatic carboxylic acids is 1. The van der Waals surface area contributed by atoms with E-state index < -0.39 is 22.7 Å². The van der Waals surface area contributed by atoms with Crippen LogP contribution in [-0.4, -0.2) is 27.8 Å². The molecular weight excluding hydrogens is 246 g/mol. The summed E-state index contributed by atoms with van der Waals surface area (Å²) in [5.74, 6) is -1.49. The van der Waals surface area contributed by atoms with Crippen molar-refractivity contribution in [3.63, 3.8) is 0 Å². The molecule has 1 atom stereocenters. The van der Waals surface area contributed by atoms with Gasteiger partial charge in [-0.1, -0.05) is 0 Å². The molecule has 0 fully saturated rings. The van der Waals surface area contributed by atoms with Crippen LogP contribution >= 0.6 is 24.0 Å². The summed E-state index contributed by atoms with van der Waals surface area (Å²) in [6, 6.07) is 0.618. The van der Waals surface area contributed by atoms with Gasteiger partial charge in [0, 0.05) is 10.1 Å². The molecule has 6 heteroatoms. The Kier molecular flexibility index (Phi) is 3.98. The van der Waals surface area contributed by atoms with Crippen molar-refractivity contribution in [2.75, 3.05) is 0 Å². The van der Waals surface area contributed by atoms with Gasteiger partial charge in [-0.05, 0) is 25.3 Å². The highest BCUT2D eigenvalue weighted by Gasteiger charge is 2.33. The summed E-state index contributed by atoms with van der Waals surface area (Å²) in [7, 11) is 0. The Morgan fingerprint density at radius 1 is 1.56 bits per heavy atom. The van der Waals surface area contributed by atoms with Crippen LogP contribution in [0.2, 0.25) is 0 Å². The number of carbonyl (C=O) groups excluding carboxylic acids is 1. The summed E-state index contributed by atoms with van der Waals surface area (Å²) in [6.07, 6.45) is 0. The molecular formula is C10H13NO3S2. The number of thiophene rings is 1. The highest BCUT2D eigenvalue weighted by Crippen LogP contribution is 2.18. The van der Waals surface area contributed by atoms with Gasteiger partial charge in [-0.3, -0.25) is 4.79 Å². The fraction of sp³-hybridized carbons (Fsp3) is 0.400. The Morgan fingerprint density at radius 2 is 2.19 bits per heavy atom. The van der Waals surface area contributed by atoms with Crippen molar-refractivity contribution in [2.45, 2.75) is 24.6 Å². The van der Waals surface area contributed by atoms with Gasteiger partial charge >= 0.3 is 5.97 Å². The van der Waals surface area contributed by atoms with E-state index in [0.29, 0.717) is 5.56 Å². The van der Waals surface area contributed by atoms with Gasteiger partial charge in [0.2, 0.25) is 0 Å². The van der Waals surface area contributed by atoms with Crippen molar-refractivity contribution >= 4 is 35.8 Å². The second-order valence-corrected chi connectivity index (χ2v) is 5.84. The summed E-state index contributed by atoms with van der Waals surface area (Å²) >= 11 is 5.55. The zero-order valence-corrected chi connectivity index (χ0v) is 10.6. The maximum Gasteiger partial charge on any atom is 0.327 e. The summed E-state index contributed by atoms with van der Waals surface area (Å²) in [5.41, 5.74) is 0.467. The zero-order valence-electron chi connectivity index (χ0n) is 8.93. The van der Waals surface area contributed by atoms with Crippen molar-refractivity contribution in [1.29, 1.82) is 0 Å². The van der Waals surface area contributed by atoms with Crippen LogP contribution in [-0.2, 0) is 4.79 Å². The van der Waals surface area contributed by atoms with Gasteiger partial charge in [0.15, 0.2) is 0 Å².